The molecular formula is C12H10F5N3O3. The third kappa shape index (κ3) is 4.14. The zero-order valence-electron chi connectivity index (χ0n) is 11.6. The molecule has 0 heterocycles. The fourth-order valence-corrected chi connectivity index (χ4v) is 1.51. The molecule has 0 aliphatic heterocycles. The third-order valence-electron chi connectivity index (χ3n) is 2.42. The Labute approximate surface area is 126 Å². The number of benzene rings is 1. The molecule has 0 aliphatic carbocycles. The molecule has 11 heteroatoms. The van der Waals surface area contributed by atoms with E-state index in [-0.39, 0.29) is 6.61 Å². The molecule has 0 aromatic heterocycles. The van der Waals surface area contributed by atoms with Crippen LogP contribution in [0.25, 0.3) is 0 Å². The van der Waals surface area contributed by atoms with Gasteiger partial charge in [0.15, 0.2) is 23.3 Å². The quantitative estimate of drug-likeness (QED) is 0.214. The van der Waals surface area contributed by atoms with Crippen LogP contribution in [-0.2, 0) is 9.53 Å². The van der Waals surface area contributed by atoms with E-state index >= 15 is 0 Å². The number of hydrogen-bond acceptors (Lipinski definition) is 4. The maximum atomic E-state index is 13.7. The van der Waals surface area contributed by atoms with E-state index in [9.17, 15) is 31.5 Å². The number of hydrogen-bond donors (Lipinski definition) is 2. The first-order valence-corrected chi connectivity index (χ1v) is 6.00. The molecule has 6 nitrogen and oxygen atoms in total. The van der Waals surface area contributed by atoms with E-state index in [1.807, 2.05) is 0 Å². The molecule has 0 saturated carbocycles. The zero-order valence-corrected chi connectivity index (χ0v) is 11.6. The normalized spacial score (nSPS) is 11.3. The van der Waals surface area contributed by atoms with Crippen LogP contribution in [0.2, 0.25) is 0 Å². The lowest BCUT2D eigenvalue weighted by atomic mass is 10.0. The molecule has 23 heavy (non-hydrogen) atoms. The van der Waals surface area contributed by atoms with Gasteiger partial charge in [0.05, 0.1) is 24.3 Å². The second kappa shape index (κ2) is 7.51. The number of ether oxygens (including phenoxy) is 1. The Morgan fingerprint density at radius 2 is 1.52 bits per heavy atom. The minimum Gasteiger partial charge on any atom is -0.466 e. The lowest BCUT2D eigenvalue weighted by Gasteiger charge is -2.11. The fourth-order valence-electron chi connectivity index (χ4n) is 1.51. The average molecular weight is 339 g/mol. The molecule has 1 aromatic carbocycles. The van der Waals surface area contributed by atoms with Gasteiger partial charge in [-0.2, -0.15) is 5.10 Å². The number of hydrazone groups is 1. The van der Waals surface area contributed by atoms with E-state index in [0.29, 0.717) is 0 Å². The van der Waals surface area contributed by atoms with Crippen molar-refractivity contribution in [1.82, 2.24) is 5.43 Å². The molecular weight excluding hydrogens is 329 g/mol. The highest BCUT2D eigenvalue weighted by Gasteiger charge is 2.29. The van der Waals surface area contributed by atoms with Crippen LogP contribution in [-0.4, -0.2) is 24.3 Å². The average Bonchev–Trinajstić information content (AvgIpc) is 2.48. The van der Waals surface area contributed by atoms with Crippen molar-refractivity contribution in [2.45, 2.75) is 13.3 Å². The summed E-state index contributed by atoms with van der Waals surface area (Å²) >= 11 is 0. The molecule has 0 saturated heterocycles. The lowest BCUT2D eigenvalue weighted by Crippen LogP contribution is -2.28. The van der Waals surface area contributed by atoms with E-state index in [4.69, 9.17) is 5.73 Å². The van der Waals surface area contributed by atoms with Crippen LogP contribution in [0.3, 0.4) is 0 Å². The predicted octanol–water partition coefficient (Wildman–Crippen LogP) is 1.71. The molecule has 0 unspecified atom stereocenters. The zero-order chi connectivity index (χ0) is 17.7. The Morgan fingerprint density at radius 3 is 1.96 bits per heavy atom. The largest absolute Gasteiger partial charge is 0.466 e. The van der Waals surface area contributed by atoms with Crippen molar-refractivity contribution in [2.75, 3.05) is 6.61 Å². The molecule has 1 rings (SSSR count). The van der Waals surface area contributed by atoms with Crippen LogP contribution in [0.4, 0.5) is 26.7 Å². The number of nitrogens with zero attached hydrogens (tertiary/aromatic N) is 1. The Balaban J connectivity index is 3.46. The molecule has 1 aromatic rings. The number of amides is 2. The van der Waals surface area contributed by atoms with Crippen LogP contribution in [0.1, 0.15) is 18.9 Å². The van der Waals surface area contributed by atoms with Gasteiger partial charge in [-0.1, -0.05) is 0 Å². The number of rotatable bonds is 5. The van der Waals surface area contributed by atoms with Crippen molar-refractivity contribution >= 4 is 17.7 Å². The number of nitrogens with two attached hydrogens (primary N) is 1. The van der Waals surface area contributed by atoms with Gasteiger partial charge in [0.1, 0.15) is 0 Å². The van der Waals surface area contributed by atoms with Crippen LogP contribution >= 0.6 is 0 Å². The number of carbonyl (C=O) groups excluding carboxylic acids is 2. The first-order valence-electron chi connectivity index (χ1n) is 6.00. The van der Waals surface area contributed by atoms with E-state index in [1.165, 1.54) is 6.92 Å². The van der Waals surface area contributed by atoms with Gasteiger partial charge in [0, 0.05) is 0 Å². The van der Waals surface area contributed by atoms with Crippen molar-refractivity contribution in [3.8, 4) is 0 Å². The standard InChI is InChI=1S/C12H10F5N3O3/c1-2-23-5(21)3-4(19-20-12(18)22)6-7(13)9(15)11(17)10(16)8(6)14/h2-3H2,1H3,(H3,18,20,22). The number of urea groups is 1. The summed E-state index contributed by atoms with van der Waals surface area (Å²) in [7, 11) is 0. The monoisotopic (exact) mass is 339 g/mol. The molecule has 0 spiro atoms. The summed E-state index contributed by atoms with van der Waals surface area (Å²) < 4.78 is 71.3. The molecule has 126 valence electrons. The summed E-state index contributed by atoms with van der Waals surface area (Å²) in [5.41, 5.74) is 3.83. The summed E-state index contributed by atoms with van der Waals surface area (Å²) in [5.74, 6) is -12.3. The Hall–Kier alpha value is -2.72. The van der Waals surface area contributed by atoms with Gasteiger partial charge in [0.25, 0.3) is 0 Å². The minimum absolute atomic E-state index is 0.105. The van der Waals surface area contributed by atoms with Crippen molar-refractivity contribution in [2.24, 2.45) is 10.8 Å². The number of carbonyl (C=O) groups is 2. The van der Waals surface area contributed by atoms with Crippen LogP contribution in [0, 0.1) is 29.1 Å². The Bertz CT molecular complexity index is 649. The van der Waals surface area contributed by atoms with E-state index in [2.05, 4.69) is 9.84 Å². The van der Waals surface area contributed by atoms with Crippen LogP contribution < -0.4 is 11.2 Å². The third-order valence-corrected chi connectivity index (χ3v) is 2.42. The highest BCUT2D eigenvalue weighted by molar-refractivity contribution is 6.09. The van der Waals surface area contributed by atoms with Crippen molar-refractivity contribution < 1.29 is 36.3 Å². The van der Waals surface area contributed by atoms with Gasteiger partial charge < -0.3 is 10.5 Å². The first-order chi connectivity index (χ1) is 10.7. The lowest BCUT2D eigenvalue weighted by molar-refractivity contribution is -0.141. The number of halogens is 5. The first kappa shape index (κ1) is 18.3. The predicted molar refractivity (Wildman–Crippen MR) is 66.7 cm³/mol. The summed E-state index contributed by atoms with van der Waals surface area (Å²) in [4.78, 5) is 22.0. The maximum absolute atomic E-state index is 13.7. The van der Waals surface area contributed by atoms with Gasteiger partial charge >= 0.3 is 12.0 Å². The minimum atomic E-state index is -2.37. The van der Waals surface area contributed by atoms with Crippen molar-refractivity contribution in [3.63, 3.8) is 0 Å². The van der Waals surface area contributed by atoms with E-state index in [1.54, 1.807) is 5.43 Å². The highest BCUT2D eigenvalue weighted by Crippen LogP contribution is 2.24. The Kier molecular flexibility index (Phi) is 5.99. The maximum Gasteiger partial charge on any atom is 0.332 e. The second-order valence-electron chi connectivity index (χ2n) is 3.96. The Morgan fingerprint density at radius 1 is 1.04 bits per heavy atom. The smallest absolute Gasteiger partial charge is 0.332 e. The number of primary amides is 1. The molecule has 0 atom stereocenters. The fraction of sp³-hybridized carbons (Fsp3) is 0.250. The molecule has 0 bridgehead atoms. The molecule has 0 aliphatic rings. The number of esters is 1. The summed E-state index contributed by atoms with van der Waals surface area (Å²) in [6, 6.07) is -1.28. The molecule has 3 N–H and O–H groups in total. The van der Waals surface area contributed by atoms with E-state index in [0.717, 1.165) is 0 Å². The van der Waals surface area contributed by atoms with Gasteiger partial charge in [-0.15, -0.1) is 0 Å². The number of nitrogens with one attached hydrogen (secondary N) is 1. The van der Waals surface area contributed by atoms with Crippen LogP contribution in [0.5, 0.6) is 0 Å². The molecule has 0 radical (unpaired) electrons. The molecule has 0 fully saturated rings. The highest BCUT2D eigenvalue weighted by atomic mass is 19.2. The van der Waals surface area contributed by atoms with Crippen LogP contribution in [0.15, 0.2) is 5.10 Å². The SMILES string of the molecule is CCOC(=O)CC(=NNC(N)=O)c1c(F)c(F)c(F)c(F)c1F. The van der Waals surface area contributed by atoms with E-state index < -0.39 is 58.8 Å². The summed E-state index contributed by atoms with van der Waals surface area (Å²) in [5, 5.41) is 3.10. The van der Waals surface area contributed by atoms with Gasteiger partial charge in [0.2, 0.25) is 5.82 Å². The van der Waals surface area contributed by atoms with Gasteiger partial charge in [-0.3, -0.25) is 4.79 Å². The van der Waals surface area contributed by atoms with Gasteiger partial charge in [-0.05, 0) is 6.92 Å². The topological polar surface area (TPSA) is 93.8 Å². The summed E-state index contributed by atoms with van der Waals surface area (Å²) in [6.07, 6.45) is -0.966. The second-order valence-corrected chi connectivity index (χ2v) is 3.96. The molecule has 2 amide bonds. The van der Waals surface area contributed by atoms with Crippen molar-refractivity contribution in [3.05, 3.63) is 34.6 Å². The van der Waals surface area contributed by atoms with Crippen molar-refractivity contribution in [1.29, 1.82) is 0 Å². The van der Waals surface area contributed by atoms with Gasteiger partial charge in [-0.25, -0.2) is 32.2 Å². The summed E-state index contributed by atoms with van der Waals surface area (Å²) in [6.45, 7) is 1.32.